The van der Waals surface area contributed by atoms with Crippen molar-refractivity contribution in [2.75, 3.05) is 13.7 Å². The minimum absolute atomic E-state index is 0.0918. The molecule has 104 valence electrons. The lowest BCUT2D eigenvalue weighted by atomic mass is 10.0. The summed E-state index contributed by atoms with van der Waals surface area (Å²) in [5.74, 6) is 1.09. The van der Waals surface area contributed by atoms with Crippen LogP contribution < -0.4 is 9.47 Å². The van der Waals surface area contributed by atoms with Crippen molar-refractivity contribution in [3.63, 3.8) is 0 Å². The smallest absolute Gasteiger partial charge is 0.200 e. The monoisotopic (exact) mass is 270 g/mol. The number of methoxy groups -OCH3 is 1. The van der Waals surface area contributed by atoms with Crippen LogP contribution in [0.15, 0.2) is 42.5 Å². The summed E-state index contributed by atoms with van der Waals surface area (Å²) in [6, 6.07) is 12.8. The Balaban J connectivity index is 2.46. The molecule has 0 amide bonds. The predicted octanol–water partition coefficient (Wildman–Crippen LogP) is 3.63. The summed E-state index contributed by atoms with van der Waals surface area (Å²) in [5, 5.41) is 0. The summed E-state index contributed by atoms with van der Waals surface area (Å²) in [7, 11) is 1.57. The maximum atomic E-state index is 12.7. The highest BCUT2D eigenvalue weighted by atomic mass is 16.5. The number of ketones is 1. The molecule has 0 heterocycles. The SMILES string of the molecule is CCOc1ccccc1C(=O)c1ccc(C)cc1OC. The molecule has 2 rings (SSSR count). The molecule has 20 heavy (non-hydrogen) atoms. The molecule has 0 spiro atoms. The van der Waals surface area contributed by atoms with E-state index < -0.39 is 0 Å². The van der Waals surface area contributed by atoms with Gasteiger partial charge in [-0.05, 0) is 43.7 Å². The van der Waals surface area contributed by atoms with Crippen molar-refractivity contribution in [2.24, 2.45) is 0 Å². The van der Waals surface area contributed by atoms with Gasteiger partial charge in [0.15, 0.2) is 5.78 Å². The number of ether oxygens (including phenoxy) is 2. The van der Waals surface area contributed by atoms with Crippen molar-refractivity contribution < 1.29 is 14.3 Å². The Bertz CT molecular complexity index is 617. The predicted molar refractivity (Wildman–Crippen MR) is 78.8 cm³/mol. The van der Waals surface area contributed by atoms with Gasteiger partial charge in [-0.1, -0.05) is 18.2 Å². The number of rotatable bonds is 5. The number of para-hydroxylation sites is 1. The van der Waals surface area contributed by atoms with Crippen molar-refractivity contribution >= 4 is 5.78 Å². The summed E-state index contributed by atoms with van der Waals surface area (Å²) < 4.78 is 10.8. The van der Waals surface area contributed by atoms with Crippen LogP contribution in [0.2, 0.25) is 0 Å². The molecule has 0 saturated carbocycles. The average molecular weight is 270 g/mol. The number of carbonyl (C=O) groups excluding carboxylic acids is 1. The van der Waals surface area contributed by atoms with E-state index in [4.69, 9.17) is 9.47 Å². The lowest BCUT2D eigenvalue weighted by molar-refractivity contribution is 0.103. The normalized spacial score (nSPS) is 10.2. The van der Waals surface area contributed by atoms with Crippen LogP contribution in [0.25, 0.3) is 0 Å². The minimum Gasteiger partial charge on any atom is -0.496 e. The fourth-order valence-corrected chi connectivity index (χ4v) is 2.07. The van der Waals surface area contributed by atoms with Crippen molar-refractivity contribution in [1.82, 2.24) is 0 Å². The number of benzene rings is 2. The maximum absolute atomic E-state index is 12.7. The van der Waals surface area contributed by atoms with Gasteiger partial charge in [0.2, 0.25) is 0 Å². The highest BCUT2D eigenvalue weighted by molar-refractivity contribution is 6.12. The van der Waals surface area contributed by atoms with E-state index in [2.05, 4.69) is 0 Å². The van der Waals surface area contributed by atoms with Gasteiger partial charge in [-0.15, -0.1) is 0 Å². The molecule has 3 heteroatoms. The molecule has 0 bridgehead atoms. The fraction of sp³-hybridized carbons (Fsp3) is 0.235. The Morgan fingerprint density at radius 2 is 1.75 bits per heavy atom. The second-order valence-corrected chi connectivity index (χ2v) is 4.46. The Morgan fingerprint density at radius 1 is 1.05 bits per heavy atom. The second-order valence-electron chi connectivity index (χ2n) is 4.46. The zero-order valence-electron chi connectivity index (χ0n) is 12.0. The lowest BCUT2D eigenvalue weighted by Gasteiger charge is -2.12. The summed E-state index contributed by atoms with van der Waals surface area (Å²) in [5.41, 5.74) is 2.15. The van der Waals surface area contributed by atoms with Crippen LogP contribution in [-0.4, -0.2) is 19.5 Å². The third-order valence-corrected chi connectivity index (χ3v) is 3.03. The van der Waals surface area contributed by atoms with Crippen molar-refractivity contribution in [3.05, 3.63) is 59.2 Å². The Kier molecular flexibility index (Phi) is 4.41. The molecule has 2 aromatic rings. The molecule has 0 radical (unpaired) electrons. The molecule has 0 aliphatic heterocycles. The Hall–Kier alpha value is -2.29. The van der Waals surface area contributed by atoms with E-state index in [-0.39, 0.29) is 5.78 Å². The van der Waals surface area contributed by atoms with Gasteiger partial charge < -0.3 is 9.47 Å². The topological polar surface area (TPSA) is 35.5 Å². The first kappa shape index (κ1) is 14.1. The highest BCUT2D eigenvalue weighted by Crippen LogP contribution is 2.27. The van der Waals surface area contributed by atoms with Crippen LogP contribution in [0.5, 0.6) is 11.5 Å². The summed E-state index contributed by atoms with van der Waals surface area (Å²) in [6.07, 6.45) is 0. The van der Waals surface area contributed by atoms with Gasteiger partial charge in [0.25, 0.3) is 0 Å². The second kappa shape index (κ2) is 6.24. The molecular weight excluding hydrogens is 252 g/mol. The number of hydrogen-bond donors (Lipinski definition) is 0. The van der Waals surface area contributed by atoms with Gasteiger partial charge in [-0.3, -0.25) is 4.79 Å². The van der Waals surface area contributed by atoms with E-state index >= 15 is 0 Å². The van der Waals surface area contributed by atoms with Crippen molar-refractivity contribution in [1.29, 1.82) is 0 Å². The van der Waals surface area contributed by atoms with E-state index in [1.807, 2.05) is 38.1 Å². The van der Waals surface area contributed by atoms with Gasteiger partial charge in [0.1, 0.15) is 11.5 Å². The van der Waals surface area contributed by atoms with Crippen LogP contribution in [0, 0.1) is 6.92 Å². The average Bonchev–Trinajstić information content (AvgIpc) is 2.47. The third kappa shape index (κ3) is 2.82. The maximum Gasteiger partial charge on any atom is 0.200 e. The van der Waals surface area contributed by atoms with Crippen molar-refractivity contribution in [3.8, 4) is 11.5 Å². The van der Waals surface area contributed by atoms with Crippen molar-refractivity contribution in [2.45, 2.75) is 13.8 Å². The van der Waals surface area contributed by atoms with Gasteiger partial charge >= 0.3 is 0 Å². The number of aryl methyl sites for hydroxylation is 1. The molecule has 0 fully saturated rings. The summed E-state index contributed by atoms with van der Waals surface area (Å²) in [4.78, 5) is 12.7. The first-order valence-corrected chi connectivity index (χ1v) is 6.58. The van der Waals surface area contributed by atoms with Gasteiger partial charge in [0, 0.05) is 0 Å². The fourth-order valence-electron chi connectivity index (χ4n) is 2.07. The Morgan fingerprint density at radius 3 is 2.45 bits per heavy atom. The van der Waals surface area contributed by atoms with Gasteiger partial charge in [-0.2, -0.15) is 0 Å². The van der Waals surface area contributed by atoms with Crippen LogP contribution in [0.4, 0.5) is 0 Å². The summed E-state index contributed by atoms with van der Waals surface area (Å²) >= 11 is 0. The zero-order chi connectivity index (χ0) is 14.5. The summed E-state index contributed by atoms with van der Waals surface area (Å²) in [6.45, 7) is 4.38. The largest absolute Gasteiger partial charge is 0.496 e. The van der Waals surface area contributed by atoms with Crippen LogP contribution >= 0.6 is 0 Å². The molecule has 0 aromatic heterocycles. The van der Waals surface area contributed by atoms with Crippen LogP contribution in [0.1, 0.15) is 28.4 Å². The van der Waals surface area contributed by atoms with Crippen LogP contribution in [0.3, 0.4) is 0 Å². The first-order chi connectivity index (χ1) is 9.67. The molecule has 0 unspecified atom stereocenters. The highest BCUT2D eigenvalue weighted by Gasteiger charge is 2.18. The Labute approximate surface area is 119 Å². The van der Waals surface area contributed by atoms with Gasteiger partial charge in [0.05, 0.1) is 24.8 Å². The van der Waals surface area contributed by atoms with E-state index in [0.29, 0.717) is 29.2 Å². The standard InChI is InChI=1S/C17H18O3/c1-4-20-15-8-6-5-7-13(15)17(18)14-10-9-12(2)11-16(14)19-3/h5-11H,4H2,1-3H3. The molecule has 2 aromatic carbocycles. The quantitative estimate of drug-likeness (QED) is 0.778. The van der Waals surface area contributed by atoms with Crippen LogP contribution in [-0.2, 0) is 0 Å². The lowest BCUT2D eigenvalue weighted by Crippen LogP contribution is -2.07. The number of hydrogen-bond acceptors (Lipinski definition) is 3. The number of carbonyl (C=O) groups is 1. The van der Waals surface area contributed by atoms with E-state index in [1.165, 1.54) is 0 Å². The van der Waals surface area contributed by atoms with E-state index in [0.717, 1.165) is 5.56 Å². The third-order valence-electron chi connectivity index (χ3n) is 3.03. The molecule has 0 aliphatic carbocycles. The first-order valence-electron chi connectivity index (χ1n) is 6.58. The zero-order valence-corrected chi connectivity index (χ0v) is 12.0. The molecule has 0 atom stereocenters. The van der Waals surface area contributed by atoms with E-state index in [9.17, 15) is 4.79 Å². The minimum atomic E-state index is -0.0918. The van der Waals surface area contributed by atoms with Gasteiger partial charge in [-0.25, -0.2) is 0 Å². The molecular formula is C17H18O3. The molecule has 0 aliphatic rings. The van der Waals surface area contributed by atoms with E-state index in [1.54, 1.807) is 25.3 Å². The molecule has 0 saturated heterocycles. The molecule has 0 N–H and O–H groups in total. The molecule has 3 nitrogen and oxygen atoms in total.